The molecule has 2 aliphatic rings. The Bertz CT molecular complexity index is 1050. The monoisotopic (exact) mass is 446 g/mol. The van der Waals surface area contributed by atoms with Crippen LogP contribution in [0.15, 0.2) is 42.5 Å². The first-order valence-corrected chi connectivity index (χ1v) is 10.1. The molecule has 0 bridgehead atoms. The number of hydrogen-bond acceptors (Lipinski definition) is 4. The summed E-state index contributed by atoms with van der Waals surface area (Å²) in [5, 5.41) is 23.0. The number of hydrogen-bond donors (Lipinski definition) is 3. The van der Waals surface area contributed by atoms with Gasteiger partial charge >= 0.3 is 6.18 Å². The predicted molar refractivity (Wildman–Crippen MR) is 116 cm³/mol. The van der Waals surface area contributed by atoms with Gasteiger partial charge < -0.3 is 14.9 Å². The van der Waals surface area contributed by atoms with E-state index in [1.807, 2.05) is 6.07 Å². The highest BCUT2D eigenvalue weighted by atomic mass is 19.4. The van der Waals surface area contributed by atoms with Crippen LogP contribution in [0.5, 0.6) is 0 Å². The lowest BCUT2D eigenvalue weighted by atomic mass is 9.63. The van der Waals surface area contributed by atoms with Crippen LogP contribution in [-0.4, -0.2) is 42.2 Å². The molecule has 1 aliphatic heterocycles. The fourth-order valence-corrected chi connectivity index (χ4v) is 4.37. The van der Waals surface area contributed by atoms with Crippen LogP contribution in [-0.2, 0) is 18.1 Å². The molecular weight excluding hydrogens is 421 g/mol. The Labute approximate surface area is 184 Å². The van der Waals surface area contributed by atoms with Crippen LogP contribution in [0.2, 0.25) is 0 Å². The Morgan fingerprint density at radius 3 is 2.41 bits per heavy atom. The molecule has 0 atom stereocenters. The second kappa shape index (κ2) is 8.74. The number of anilines is 1. The van der Waals surface area contributed by atoms with Gasteiger partial charge in [-0.3, -0.25) is 15.6 Å². The molecule has 1 amide bonds. The Hall–Kier alpha value is -3.20. The maximum atomic E-state index is 13.4. The van der Waals surface area contributed by atoms with E-state index < -0.39 is 23.1 Å². The fourth-order valence-electron chi connectivity index (χ4n) is 4.37. The van der Waals surface area contributed by atoms with Gasteiger partial charge in [-0.05, 0) is 48.2 Å². The second-order valence-electron chi connectivity index (χ2n) is 7.80. The molecule has 0 spiro atoms. The summed E-state index contributed by atoms with van der Waals surface area (Å²) in [4.78, 5) is 15.7. The molecule has 0 radical (unpaired) electrons. The van der Waals surface area contributed by atoms with E-state index in [1.54, 1.807) is 25.2 Å². The lowest BCUT2D eigenvalue weighted by Gasteiger charge is -2.44. The summed E-state index contributed by atoms with van der Waals surface area (Å²) in [7, 11) is 2.65. The van der Waals surface area contributed by atoms with Gasteiger partial charge in [0.15, 0.2) is 0 Å². The molecule has 32 heavy (non-hydrogen) atoms. The molecule has 1 saturated carbocycles. The molecule has 4 rings (SSSR count). The van der Waals surface area contributed by atoms with Crippen molar-refractivity contribution in [1.82, 2.24) is 4.90 Å². The third-order valence-corrected chi connectivity index (χ3v) is 6.19. The van der Waals surface area contributed by atoms with Gasteiger partial charge in [-0.1, -0.05) is 24.6 Å². The van der Waals surface area contributed by atoms with E-state index in [4.69, 9.17) is 15.9 Å². The first-order valence-electron chi connectivity index (χ1n) is 10.1. The number of carbonyl (C=O) groups excluding carboxylic acids is 1. The molecule has 1 heterocycles. The average Bonchev–Trinajstić information content (AvgIpc) is 3.10. The third kappa shape index (κ3) is 3.77. The summed E-state index contributed by atoms with van der Waals surface area (Å²) >= 11 is 0. The Balaban J connectivity index is 0.00000141. The van der Waals surface area contributed by atoms with Crippen molar-refractivity contribution >= 4 is 23.8 Å². The predicted octanol–water partition coefficient (Wildman–Crippen LogP) is 4.41. The van der Waals surface area contributed by atoms with Crippen molar-refractivity contribution in [3.63, 3.8) is 0 Å². The molecule has 1 fully saturated rings. The van der Waals surface area contributed by atoms with Crippen LogP contribution >= 0.6 is 0 Å². The zero-order valence-corrected chi connectivity index (χ0v) is 17.8. The summed E-state index contributed by atoms with van der Waals surface area (Å²) in [5.41, 5.74) is 0.0923. The Morgan fingerprint density at radius 2 is 1.84 bits per heavy atom. The molecular formula is C23H25F3N4O2. The highest BCUT2D eigenvalue weighted by Crippen LogP contribution is 2.46. The number of rotatable bonds is 4. The van der Waals surface area contributed by atoms with Crippen molar-refractivity contribution in [2.45, 2.75) is 37.4 Å². The highest BCUT2D eigenvalue weighted by Gasteiger charge is 2.45. The molecule has 2 aromatic rings. The van der Waals surface area contributed by atoms with Crippen molar-refractivity contribution in [3.05, 3.63) is 64.7 Å². The maximum absolute atomic E-state index is 13.4. The first kappa shape index (κ1) is 23.5. The number of aliphatic hydroxyl groups excluding tert-OH is 1. The SMILES string of the molecule is CN(C=N)C(=N)C1(c2cccc(N3Cc4c(cccc4C(F)(F)F)C3=O)c2)CCC1.CO. The molecule has 2 aromatic carbocycles. The van der Waals surface area contributed by atoms with E-state index in [0.717, 1.165) is 44.3 Å². The minimum atomic E-state index is -4.52. The van der Waals surface area contributed by atoms with Crippen molar-refractivity contribution in [2.75, 3.05) is 19.1 Å². The van der Waals surface area contributed by atoms with E-state index in [-0.39, 0.29) is 17.7 Å². The van der Waals surface area contributed by atoms with Gasteiger partial charge in [0.2, 0.25) is 0 Å². The summed E-state index contributed by atoms with van der Waals surface area (Å²) in [6.45, 7) is -0.141. The van der Waals surface area contributed by atoms with E-state index in [0.29, 0.717) is 11.5 Å². The summed E-state index contributed by atoms with van der Waals surface area (Å²) in [5.74, 6) is -0.154. The van der Waals surface area contributed by atoms with E-state index in [1.165, 1.54) is 21.9 Å². The zero-order chi connectivity index (χ0) is 23.7. The molecule has 0 aromatic heterocycles. The quantitative estimate of drug-likeness (QED) is 0.480. The van der Waals surface area contributed by atoms with Crippen molar-refractivity contribution in [3.8, 4) is 0 Å². The molecule has 9 heteroatoms. The standard InChI is InChI=1S/C22H21F3N4O.CH4O/c1-28(13-26)20(27)21(9-4-10-21)14-5-2-6-15(11-14)29-12-17-16(19(29)30)7-3-8-18(17)22(23,24)25;1-2/h2-3,5-8,11,13,26-27H,4,9-10,12H2,1H3;2H,1H3. The topological polar surface area (TPSA) is 91.5 Å². The van der Waals surface area contributed by atoms with Crippen LogP contribution in [0.25, 0.3) is 0 Å². The van der Waals surface area contributed by atoms with Crippen molar-refractivity contribution in [2.24, 2.45) is 0 Å². The van der Waals surface area contributed by atoms with Gasteiger partial charge in [0.05, 0.1) is 23.9 Å². The molecule has 0 unspecified atom stereocenters. The molecule has 170 valence electrons. The van der Waals surface area contributed by atoms with Gasteiger partial charge in [0.1, 0.15) is 5.84 Å². The minimum absolute atomic E-state index is 0.00459. The second-order valence-corrected chi connectivity index (χ2v) is 7.80. The normalized spacial score (nSPS) is 16.4. The van der Waals surface area contributed by atoms with E-state index in [9.17, 15) is 18.0 Å². The smallest absolute Gasteiger partial charge is 0.400 e. The molecule has 6 nitrogen and oxygen atoms in total. The lowest BCUT2D eigenvalue weighted by Crippen LogP contribution is -2.49. The van der Waals surface area contributed by atoms with Crippen molar-refractivity contribution < 1.29 is 23.1 Å². The number of likely N-dealkylation sites (N-methyl/N-ethyl adjacent to an activating group) is 1. The van der Waals surface area contributed by atoms with E-state index in [2.05, 4.69) is 0 Å². The zero-order valence-electron chi connectivity index (χ0n) is 17.8. The Morgan fingerprint density at radius 1 is 1.19 bits per heavy atom. The fraction of sp³-hybridized carbons (Fsp3) is 0.348. The number of benzene rings is 2. The minimum Gasteiger partial charge on any atom is -0.400 e. The number of alkyl halides is 3. The largest absolute Gasteiger partial charge is 0.416 e. The number of amidine groups is 1. The lowest BCUT2D eigenvalue weighted by molar-refractivity contribution is -0.138. The van der Waals surface area contributed by atoms with Gasteiger partial charge in [-0.2, -0.15) is 13.2 Å². The molecule has 3 N–H and O–H groups in total. The number of fused-ring (bicyclic) bond motifs is 1. The van der Waals surface area contributed by atoms with Crippen LogP contribution in [0.3, 0.4) is 0 Å². The van der Waals surface area contributed by atoms with Crippen LogP contribution < -0.4 is 4.90 Å². The van der Waals surface area contributed by atoms with Crippen LogP contribution in [0.1, 0.15) is 46.3 Å². The number of carbonyl (C=O) groups is 1. The number of nitrogens with zero attached hydrogens (tertiary/aromatic N) is 2. The van der Waals surface area contributed by atoms with Gasteiger partial charge in [0, 0.05) is 25.4 Å². The number of halogens is 3. The Kier molecular flexibility index (Phi) is 6.41. The van der Waals surface area contributed by atoms with Gasteiger partial charge in [-0.25, -0.2) is 0 Å². The van der Waals surface area contributed by atoms with Gasteiger partial charge in [-0.15, -0.1) is 0 Å². The van der Waals surface area contributed by atoms with Crippen LogP contribution in [0.4, 0.5) is 18.9 Å². The molecule has 1 aliphatic carbocycles. The van der Waals surface area contributed by atoms with E-state index >= 15 is 0 Å². The summed E-state index contributed by atoms with van der Waals surface area (Å²) in [6.07, 6.45) is -0.987. The molecule has 0 saturated heterocycles. The number of aliphatic hydroxyl groups is 1. The third-order valence-electron chi connectivity index (χ3n) is 6.19. The van der Waals surface area contributed by atoms with Gasteiger partial charge in [0.25, 0.3) is 5.91 Å². The highest BCUT2D eigenvalue weighted by molar-refractivity contribution is 6.10. The summed E-state index contributed by atoms with van der Waals surface area (Å²) < 4.78 is 40.2. The maximum Gasteiger partial charge on any atom is 0.416 e. The number of nitrogens with one attached hydrogen (secondary N) is 2. The summed E-state index contributed by atoms with van der Waals surface area (Å²) in [6, 6.07) is 10.8. The van der Waals surface area contributed by atoms with Crippen molar-refractivity contribution in [1.29, 1.82) is 10.8 Å². The first-order chi connectivity index (χ1) is 15.2. The number of amides is 1. The average molecular weight is 446 g/mol. The van der Waals surface area contributed by atoms with Crippen LogP contribution in [0, 0.1) is 10.8 Å².